The molecule has 11 heteroatoms. The lowest BCUT2D eigenvalue weighted by Crippen LogP contribution is -2.36. The number of rotatable bonds is 3. The van der Waals surface area contributed by atoms with E-state index in [2.05, 4.69) is 30.6 Å². The number of nitrogens with one attached hydrogen (secondary N) is 1. The highest BCUT2D eigenvalue weighted by Crippen LogP contribution is 2.32. The minimum Gasteiger partial charge on any atom is -0.363 e. The van der Waals surface area contributed by atoms with Gasteiger partial charge in [0.1, 0.15) is 5.82 Å². The van der Waals surface area contributed by atoms with Crippen molar-refractivity contribution in [1.29, 1.82) is 0 Å². The van der Waals surface area contributed by atoms with E-state index in [1.807, 2.05) is 0 Å². The maximum atomic E-state index is 13.1. The third-order valence-electron chi connectivity index (χ3n) is 3.88. The number of piperidine rings is 1. The Morgan fingerprint density at radius 1 is 1.29 bits per heavy atom. The highest BCUT2D eigenvalue weighted by atomic mass is 19.4. The summed E-state index contributed by atoms with van der Waals surface area (Å²) in [6.07, 6.45) is -2.89. The third-order valence-corrected chi connectivity index (χ3v) is 3.88. The highest BCUT2D eigenvalue weighted by Gasteiger charge is 2.35. The number of hydrogen-bond donors (Lipinski definition) is 1. The summed E-state index contributed by atoms with van der Waals surface area (Å²) in [5.74, 6) is 0.827. The van der Waals surface area contributed by atoms with Gasteiger partial charge in [0, 0.05) is 39.2 Å². The number of aromatic nitrogens is 6. The van der Waals surface area contributed by atoms with E-state index in [0.29, 0.717) is 18.9 Å². The van der Waals surface area contributed by atoms with E-state index in [1.54, 1.807) is 19.0 Å². The molecular weight excluding hydrogens is 325 g/mol. The topological polar surface area (TPSA) is 86.7 Å². The van der Waals surface area contributed by atoms with Crippen LogP contribution in [0.5, 0.6) is 0 Å². The molecule has 8 nitrogen and oxygen atoms in total. The van der Waals surface area contributed by atoms with Gasteiger partial charge in [-0.05, 0) is 12.8 Å². The Labute approximate surface area is 136 Å². The summed E-state index contributed by atoms with van der Waals surface area (Å²) in [4.78, 5) is 11.3. The van der Waals surface area contributed by atoms with Crippen molar-refractivity contribution in [3.8, 4) is 0 Å². The van der Waals surface area contributed by atoms with Crippen molar-refractivity contribution >= 4 is 11.8 Å². The normalized spacial score (nSPS) is 18.7. The third kappa shape index (κ3) is 3.39. The van der Waals surface area contributed by atoms with E-state index in [0.717, 1.165) is 18.9 Å². The quantitative estimate of drug-likeness (QED) is 0.903. The summed E-state index contributed by atoms with van der Waals surface area (Å²) in [7, 11) is 3.29. The molecule has 0 bridgehead atoms. The van der Waals surface area contributed by atoms with Gasteiger partial charge in [-0.3, -0.25) is 0 Å². The highest BCUT2D eigenvalue weighted by molar-refractivity contribution is 5.46. The molecule has 0 radical (unpaired) electrons. The maximum Gasteiger partial charge on any atom is 0.433 e. The summed E-state index contributed by atoms with van der Waals surface area (Å²) in [5, 5.41) is 13.9. The summed E-state index contributed by atoms with van der Waals surface area (Å²) in [6, 6.07) is 0.949. The number of H-pyrrole nitrogens is 1. The molecule has 1 fully saturated rings. The fourth-order valence-electron chi connectivity index (χ4n) is 2.65. The number of halogens is 3. The van der Waals surface area contributed by atoms with Gasteiger partial charge in [-0.2, -0.15) is 23.4 Å². The largest absolute Gasteiger partial charge is 0.433 e. The minimum absolute atomic E-state index is 0.0153. The van der Waals surface area contributed by atoms with Crippen LogP contribution in [0.4, 0.5) is 24.9 Å². The van der Waals surface area contributed by atoms with Crippen LogP contribution in [0.3, 0.4) is 0 Å². The Bertz CT molecular complexity index is 685. The van der Waals surface area contributed by atoms with Crippen molar-refractivity contribution in [3.63, 3.8) is 0 Å². The molecule has 1 aliphatic rings. The van der Waals surface area contributed by atoms with E-state index in [-0.39, 0.29) is 17.7 Å². The first-order valence-corrected chi connectivity index (χ1v) is 7.46. The zero-order valence-electron chi connectivity index (χ0n) is 13.2. The maximum absolute atomic E-state index is 13.1. The smallest absolute Gasteiger partial charge is 0.363 e. The van der Waals surface area contributed by atoms with Crippen LogP contribution in [0.1, 0.15) is 30.3 Å². The van der Waals surface area contributed by atoms with Crippen LogP contribution < -0.4 is 9.80 Å². The Kier molecular flexibility index (Phi) is 4.24. The molecule has 3 rings (SSSR count). The first kappa shape index (κ1) is 16.4. The molecule has 0 aromatic carbocycles. The average molecular weight is 342 g/mol. The van der Waals surface area contributed by atoms with E-state index < -0.39 is 11.9 Å². The van der Waals surface area contributed by atoms with Crippen molar-refractivity contribution in [2.75, 3.05) is 37.0 Å². The molecule has 1 atom stereocenters. The number of tetrazole rings is 1. The molecule has 0 unspecified atom stereocenters. The van der Waals surface area contributed by atoms with E-state index >= 15 is 0 Å². The van der Waals surface area contributed by atoms with Crippen LogP contribution in [-0.4, -0.2) is 57.8 Å². The van der Waals surface area contributed by atoms with Gasteiger partial charge in [0.15, 0.2) is 11.5 Å². The second kappa shape index (κ2) is 6.21. The molecule has 24 heavy (non-hydrogen) atoms. The van der Waals surface area contributed by atoms with Gasteiger partial charge in [-0.1, -0.05) is 5.21 Å². The van der Waals surface area contributed by atoms with Crippen LogP contribution >= 0.6 is 0 Å². The second-order valence-corrected chi connectivity index (χ2v) is 5.86. The minimum atomic E-state index is -4.52. The number of nitrogens with zero attached hydrogens (tertiary/aromatic N) is 7. The van der Waals surface area contributed by atoms with E-state index in [9.17, 15) is 13.2 Å². The van der Waals surface area contributed by atoms with Gasteiger partial charge < -0.3 is 9.80 Å². The van der Waals surface area contributed by atoms with Gasteiger partial charge in [0.25, 0.3) is 0 Å². The SMILES string of the molecule is CN(C)c1cc(C(F)(F)F)nc(N2CCC[C@H](c3nn[nH]n3)C2)n1. The number of alkyl halides is 3. The van der Waals surface area contributed by atoms with Gasteiger partial charge in [-0.15, -0.1) is 10.2 Å². The predicted molar refractivity (Wildman–Crippen MR) is 79.7 cm³/mol. The summed E-state index contributed by atoms with van der Waals surface area (Å²) < 4.78 is 39.4. The molecule has 1 aliphatic heterocycles. The molecular formula is C13H17F3N8. The first-order chi connectivity index (χ1) is 11.3. The molecule has 0 spiro atoms. The van der Waals surface area contributed by atoms with Crippen LogP contribution in [0.15, 0.2) is 6.07 Å². The van der Waals surface area contributed by atoms with Gasteiger partial charge >= 0.3 is 6.18 Å². The summed E-state index contributed by atoms with van der Waals surface area (Å²) in [6.45, 7) is 1.04. The van der Waals surface area contributed by atoms with Crippen molar-refractivity contribution in [2.45, 2.75) is 24.9 Å². The second-order valence-electron chi connectivity index (χ2n) is 5.86. The van der Waals surface area contributed by atoms with Gasteiger partial charge in [0.05, 0.1) is 0 Å². The molecule has 2 aromatic heterocycles. The van der Waals surface area contributed by atoms with Gasteiger partial charge in [0.2, 0.25) is 5.95 Å². The molecule has 2 aromatic rings. The molecule has 0 aliphatic carbocycles. The fourth-order valence-corrected chi connectivity index (χ4v) is 2.65. The number of aromatic amines is 1. The monoisotopic (exact) mass is 342 g/mol. The molecule has 1 saturated heterocycles. The first-order valence-electron chi connectivity index (χ1n) is 7.46. The van der Waals surface area contributed by atoms with Crippen molar-refractivity contribution in [3.05, 3.63) is 17.6 Å². The number of anilines is 2. The number of hydrogen-bond acceptors (Lipinski definition) is 7. The summed E-state index contributed by atoms with van der Waals surface area (Å²) >= 11 is 0. The van der Waals surface area contributed by atoms with Crippen molar-refractivity contribution < 1.29 is 13.2 Å². The van der Waals surface area contributed by atoms with Crippen LogP contribution in [0.25, 0.3) is 0 Å². The summed E-state index contributed by atoms with van der Waals surface area (Å²) in [5.41, 5.74) is -0.946. The van der Waals surface area contributed by atoms with Crippen molar-refractivity contribution in [1.82, 2.24) is 30.6 Å². The molecule has 130 valence electrons. The van der Waals surface area contributed by atoms with Crippen LogP contribution in [0.2, 0.25) is 0 Å². The van der Waals surface area contributed by atoms with E-state index in [1.165, 1.54) is 4.90 Å². The molecule has 0 saturated carbocycles. The van der Waals surface area contributed by atoms with Crippen molar-refractivity contribution in [2.24, 2.45) is 0 Å². The lowest BCUT2D eigenvalue weighted by Gasteiger charge is -2.32. The molecule has 1 N–H and O–H groups in total. The van der Waals surface area contributed by atoms with Gasteiger partial charge in [-0.25, -0.2) is 4.98 Å². The lowest BCUT2D eigenvalue weighted by atomic mass is 9.98. The molecule has 0 amide bonds. The zero-order valence-corrected chi connectivity index (χ0v) is 13.2. The average Bonchev–Trinajstić information content (AvgIpc) is 3.08. The van der Waals surface area contributed by atoms with Crippen LogP contribution in [-0.2, 0) is 6.18 Å². The lowest BCUT2D eigenvalue weighted by molar-refractivity contribution is -0.141. The predicted octanol–water partition coefficient (Wildman–Crippen LogP) is 1.46. The fraction of sp³-hybridized carbons (Fsp3) is 0.615. The van der Waals surface area contributed by atoms with Crippen LogP contribution in [0, 0.1) is 0 Å². The standard InChI is InChI=1S/C13H17F3N8/c1-23(2)10-6-9(13(14,15)16)17-12(18-10)24-5-3-4-8(7-24)11-19-21-22-20-11/h6,8H,3-5,7H2,1-2H3,(H,19,20,21,22)/t8-/m0/s1. The Morgan fingerprint density at radius 3 is 2.71 bits per heavy atom. The molecule has 3 heterocycles. The Morgan fingerprint density at radius 2 is 2.08 bits per heavy atom. The Balaban J connectivity index is 1.91. The zero-order chi connectivity index (χ0) is 17.3. The van der Waals surface area contributed by atoms with E-state index in [4.69, 9.17) is 0 Å². The Hall–Kier alpha value is -2.46.